The van der Waals surface area contributed by atoms with Crippen LogP contribution >= 0.6 is 12.6 Å². The smallest absolute Gasteiger partial charge is 0.297 e. The largest absolute Gasteiger partial charge is 0.347 e. The van der Waals surface area contributed by atoms with Crippen LogP contribution in [0.2, 0.25) is 0 Å². The molecule has 0 fully saturated rings. The van der Waals surface area contributed by atoms with Crippen LogP contribution in [0.5, 0.6) is 0 Å². The number of aromatic nitrogens is 2. The molecule has 3 nitrogen and oxygen atoms in total. The highest BCUT2D eigenvalue weighted by Gasteiger charge is 2.01. The van der Waals surface area contributed by atoms with E-state index in [9.17, 15) is 4.79 Å². The third-order valence-electron chi connectivity index (χ3n) is 1.89. The molecule has 72 valence electrons. The topological polar surface area (TPSA) is 34.9 Å². The van der Waals surface area contributed by atoms with Crippen molar-refractivity contribution in [3.8, 4) is 0 Å². The lowest BCUT2D eigenvalue weighted by molar-refractivity contribution is 0.618. The first-order chi connectivity index (χ1) is 6.15. The third-order valence-corrected chi connectivity index (χ3v) is 2.20. The SMILES string of the molecule is Cc1cc(C)n(CCCS)c(=O)n1. The van der Waals surface area contributed by atoms with Gasteiger partial charge in [0.25, 0.3) is 0 Å². The predicted octanol–water partition coefficient (Wildman–Crippen LogP) is 1.18. The Kier molecular flexibility index (Phi) is 3.54. The van der Waals surface area contributed by atoms with Crippen LogP contribution in [0.3, 0.4) is 0 Å². The summed E-state index contributed by atoms with van der Waals surface area (Å²) in [5, 5.41) is 0. The summed E-state index contributed by atoms with van der Waals surface area (Å²) >= 11 is 4.10. The fourth-order valence-corrected chi connectivity index (χ4v) is 1.42. The van der Waals surface area contributed by atoms with Gasteiger partial charge in [0.2, 0.25) is 0 Å². The lowest BCUT2D eigenvalue weighted by Gasteiger charge is -2.07. The van der Waals surface area contributed by atoms with Crippen molar-refractivity contribution in [2.45, 2.75) is 26.8 Å². The summed E-state index contributed by atoms with van der Waals surface area (Å²) in [4.78, 5) is 15.3. The van der Waals surface area contributed by atoms with Crippen molar-refractivity contribution in [3.05, 3.63) is 27.9 Å². The normalized spacial score (nSPS) is 10.4. The first kappa shape index (κ1) is 10.3. The fraction of sp³-hybridized carbons (Fsp3) is 0.556. The summed E-state index contributed by atoms with van der Waals surface area (Å²) in [5.41, 5.74) is 1.60. The van der Waals surface area contributed by atoms with Crippen LogP contribution in [0.15, 0.2) is 10.9 Å². The van der Waals surface area contributed by atoms with Crippen molar-refractivity contribution in [2.24, 2.45) is 0 Å². The van der Waals surface area contributed by atoms with Gasteiger partial charge in [-0.15, -0.1) is 0 Å². The Morgan fingerprint density at radius 1 is 1.54 bits per heavy atom. The maximum Gasteiger partial charge on any atom is 0.347 e. The zero-order valence-corrected chi connectivity index (χ0v) is 8.84. The molecular formula is C9H14N2OS. The van der Waals surface area contributed by atoms with E-state index in [4.69, 9.17) is 0 Å². The second-order valence-corrected chi connectivity index (χ2v) is 3.50. The molecule has 1 aromatic heterocycles. The van der Waals surface area contributed by atoms with Crippen molar-refractivity contribution in [1.82, 2.24) is 9.55 Å². The average molecular weight is 198 g/mol. The summed E-state index contributed by atoms with van der Waals surface area (Å²) in [6.07, 6.45) is 0.897. The van der Waals surface area contributed by atoms with Gasteiger partial charge >= 0.3 is 5.69 Å². The Labute approximate surface area is 83.2 Å². The molecule has 0 spiro atoms. The highest BCUT2D eigenvalue weighted by Crippen LogP contribution is 1.98. The molecule has 1 rings (SSSR count). The van der Waals surface area contributed by atoms with Crippen LogP contribution in [0.4, 0.5) is 0 Å². The van der Waals surface area contributed by atoms with Crippen molar-refractivity contribution >= 4 is 12.6 Å². The summed E-state index contributed by atoms with van der Waals surface area (Å²) < 4.78 is 1.68. The molecule has 0 N–H and O–H groups in total. The van der Waals surface area contributed by atoms with E-state index in [1.165, 1.54) is 0 Å². The monoisotopic (exact) mass is 198 g/mol. The summed E-state index contributed by atoms with van der Waals surface area (Å²) in [6, 6.07) is 1.92. The van der Waals surface area contributed by atoms with Crippen LogP contribution < -0.4 is 5.69 Å². The van der Waals surface area contributed by atoms with Crippen LogP contribution in [-0.4, -0.2) is 15.3 Å². The molecule has 4 heteroatoms. The molecule has 13 heavy (non-hydrogen) atoms. The molecule has 0 saturated heterocycles. The number of rotatable bonds is 3. The van der Waals surface area contributed by atoms with E-state index in [0.29, 0.717) is 6.54 Å². The van der Waals surface area contributed by atoms with E-state index < -0.39 is 0 Å². The van der Waals surface area contributed by atoms with Gasteiger partial charge in [-0.25, -0.2) is 4.79 Å². The van der Waals surface area contributed by atoms with Gasteiger partial charge in [0.05, 0.1) is 0 Å². The van der Waals surface area contributed by atoms with Gasteiger partial charge in [-0.05, 0) is 32.1 Å². The van der Waals surface area contributed by atoms with E-state index in [-0.39, 0.29) is 5.69 Å². The Morgan fingerprint density at radius 2 is 2.23 bits per heavy atom. The molecule has 0 unspecified atom stereocenters. The number of nitrogens with zero attached hydrogens (tertiary/aromatic N) is 2. The Bertz CT molecular complexity index is 346. The number of hydrogen-bond donors (Lipinski definition) is 1. The molecule has 0 aliphatic carbocycles. The lowest BCUT2D eigenvalue weighted by atomic mass is 10.3. The van der Waals surface area contributed by atoms with Crippen molar-refractivity contribution in [3.63, 3.8) is 0 Å². The maximum atomic E-state index is 11.4. The van der Waals surface area contributed by atoms with Crippen molar-refractivity contribution < 1.29 is 0 Å². The molecule has 1 aromatic rings. The second kappa shape index (κ2) is 4.46. The highest BCUT2D eigenvalue weighted by atomic mass is 32.1. The molecule has 0 aromatic carbocycles. The predicted molar refractivity (Wildman–Crippen MR) is 56.4 cm³/mol. The minimum Gasteiger partial charge on any atom is -0.297 e. The Hall–Kier alpha value is -0.770. The molecule has 0 saturated carbocycles. The Balaban J connectivity index is 2.99. The van der Waals surface area contributed by atoms with Crippen LogP contribution in [0.1, 0.15) is 17.8 Å². The quantitative estimate of drug-likeness (QED) is 0.740. The first-order valence-electron chi connectivity index (χ1n) is 4.31. The van der Waals surface area contributed by atoms with Gasteiger partial charge in [0.15, 0.2) is 0 Å². The van der Waals surface area contributed by atoms with E-state index in [1.54, 1.807) is 4.57 Å². The maximum absolute atomic E-state index is 11.4. The molecule has 0 bridgehead atoms. The standard InChI is InChI=1S/C9H14N2OS/c1-7-6-8(2)11(4-3-5-13)9(12)10-7/h6,13H,3-5H2,1-2H3. The van der Waals surface area contributed by atoms with Gasteiger partial charge in [-0.2, -0.15) is 17.6 Å². The van der Waals surface area contributed by atoms with Gasteiger partial charge in [-0.3, -0.25) is 4.57 Å². The minimum absolute atomic E-state index is 0.153. The number of hydrogen-bond acceptors (Lipinski definition) is 3. The zero-order chi connectivity index (χ0) is 9.84. The third kappa shape index (κ3) is 2.59. The molecule has 0 aliphatic rings. The van der Waals surface area contributed by atoms with Gasteiger partial charge < -0.3 is 0 Å². The van der Waals surface area contributed by atoms with E-state index in [1.807, 2.05) is 19.9 Å². The zero-order valence-electron chi connectivity index (χ0n) is 7.95. The van der Waals surface area contributed by atoms with E-state index >= 15 is 0 Å². The van der Waals surface area contributed by atoms with E-state index in [0.717, 1.165) is 23.6 Å². The van der Waals surface area contributed by atoms with Gasteiger partial charge in [0, 0.05) is 17.9 Å². The molecule has 0 aliphatic heterocycles. The highest BCUT2D eigenvalue weighted by molar-refractivity contribution is 7.80. The molecule has 0 atom stereocenters. The van der Waals surface area contributed by atoms with Crippen LogP contribution in [-0.2, 0) is 6.54 Å². The van der Waals surface area contributed by atoms with E-state index in [2.05, 4.69) is 17.6 Å². The number of aryl methyl sites for hydroxylation is 2. The second-order valence-electron chi connectivity index (χ2n) is 3.05. The summed E-state index contributed by atoms with van der Waals surface area (Å²) in [5.74, 6) is 0.791. The van der Waals surface area contributed by atoms with Crippen LogP contribution in [0, 0.1) is 13.8 Å². The van der Waals surface area contributed by atoms with Crippen molar-refractivity contribution in [1.29, 1.82) is 0 Å². The van der Waals surface area contributed by atoms with Crippen molar-refractivity contribution in [2.75, 3.05) is 5.75 Å². The Morgan fingerprint density at radius 3 is 2.77 bits per heavy atom. The molecule has 0 amide bonds. The average Bonchev–Trinajstić information content (AvgIpc) is 2.02. The summed E-state index contributed by atoms with van der Waals surface area (Å²) in [6.45, 7) is 4.47. The molecular weight excluding hydrogens is 184 g/mol. The van der Waals surface area contributed by atoms with Crippen LogP contribution in [0.25, 0.3) is 0 Å². The molecule has 1 heterocycles. The van der Waals surface area contributed by atoms with Gasteiger partial charge in [0.1, 0.15) is 0 Å². The first-order valence-corrected chi connectivity index (χ1v) is 4.94. The van der Waals surface area contributed by atoms with Gasteiger partial charge in [-0.1, -0.05) is 0 Å². The summed E-state index contributed by atoms with van der Waals surface area (Å²) in [7, 11) is 0. The number of thiol groups is 1. The minimum atomic E-state index is -0.153. The molecule has 0 radical (unpaired) electrons. The lowest BCUT2D eigenvalue weighted by Crippen LogP contribution is -2.25. The fourth-order valence-electron chi connectivity index (χ4n) is 1.28.